The van der Waals surface area contributed by atoms with E-state index in [-0.39, 0.29) is 12.3 Å². The van der Waals surface area contributed by atoms with E-state index >= 15 is 0 Å². The van der Waals surface area contributed by atoms with Gasteiger partial charge in [0.2, 0.25) is 5.91 Å². The fourth-order valence-corrected chi connectivity index (χ4v) is 2.58. The first-order valence-electron chi connectivity index (χ1n) is 8.33. The molecule has 128 valence electrons. The average Bonchev–Trinajstić information content (AvgIpc) is 2.61. The van der Waals surface area contributed by atoms with Crippen LogP contribution in [0.4, 0.5) is 11.4 Å². The number of pyridine rings is 1. The number of carbonyl (C=O) groups excluding carboxylic acids is 1. The van der Waals surface area contributed by atoms with Crippen molar-refractivity contribution in [2.75, 3.05) is 17.7 Å². The molecule has 25 heavy (non-hydrogen) atoms. The van der Waals surface area contributed by atoms with Crippen LogP contribution in [0, 0.1) is 0 Å². The molecule has 0 radical (unpaired) electrons. The molecule has 1 aromatic heterocycles. The third-order valence-corrected chi connectivity index (χ3v) is 3.77. The number of fused-ring (bicyclic) bond motifs is 1. The second-order valence-electron chi connectivity index (χ2n) is 5.79. The molecule has 0 saturated heterocycles. The second kappa shape index (κ2) is 7.66. The fourth-order valence-electron chi connectivity index (χ4n) is 2.58. The lowest BCUT2D eigenvalue weighted by Gasteiger charge is -2.12. The van der Waals surface area contributed by atoms with Crippen molar-refractivity contribution in [2.24, 2.45) is 0 Å². The predicted octanol–water partition coefficient (Wildman–Crippen LogP) is 3.79. The van der Waals surface area contributed by atoms with Gasteiger partial charge >= 0.3 is 0 Å². The minimum atomic E-state index is -0.145. The van der Waals surface area contributed by atoms with E-state index in [1.165, 1.54) is 0 Å². The number of para-hydroxylation sites is 3. The number of amides is 1. The number of hydrogen-bond donors (Lipinski definition) is 2. The molecule has 0 fully saturated rings. The molecule has 5 nitrogen and oxygen atoms in total. The maximum atomic E-state index is 12.4. The maximum absolute atomic E-state index is 12.4. The maximum Gasteiger partial charge on any atom is 0.230 e. The molecular formula is C20H21N3O2. The SMILES string of the molecule is CCCOc1ccccc1NC(=O)Cc1ccc2cccc(N)c2n1. The zero-order valence-electron chi connectivity index (χ0n) is 14.2. The number of benzene rings is 2. The first kappa shape index (κ1) is 16.8. The lowest BCUT2D eigenvalue weighted by atomic mass is 10.1. The number of carbonyl (C=O) groups is 1. The number of hydrogen-bond acceptors (Lipinski definition) is 4. The molecule has 0 spiro atoms. The van der Waals surface area contributed by atoms with Gasteiger partial charge in [-0.1, -0.05) is 37.3 Å². The summed E-state index contributed by atoms with van der Waals surface area (Å²) in [4.78, 5) is 16.9. The monoisotopic (exact) mass is 335 g/mol. The van der Waals surface area contributed by atoms with Gasteiger partial charge in [0.15, 0.2) is 0 Å². The van der Waals surface area contributed by atoms with E-state index in [2.05, 4.69) is 10.3 Å². The molecule has 0 bridgehead atoms. The Hall–Kier alpha value is -3.08. The van der Waals surface area contributed by atoms with E-state index in [0.29, 0.717) is 29.4 Å². The van der Waals surface area contributed by atoms with Crippen molar-refractivity contribution < 1.29 is 9.53 Å². The summed E-state index contributed by atoms with van der Waals surface area (Å²) in [6, 6.07) is 16.8. The average molecular weight is 335 g/mol. The number of nitrogens with one attached hydrogen (secondary N) is 1. The van der Waals surface area contributed by atoms with Crippen LogP contribution in [0.5, 0.6) is 5.75 Å². The van der Waals surface area contributed by atoms with Gasteiger partial charge in [-0.15, -0.1) is 0 Å². The molecule has 2 aromatic carbocycles. The molecular weight excluding hydrogens is 314 g/mol. The van der Waals surface area contributed by atoms with Gasteiger partial charge in [0.25, 0.3) is 0 Å². The summed E-state index contributed by atoms with van der Waals surface area (Å²) in [5.41, 5.74) is 8.64. The van der Waals surface area contributed by atoms with Crippen LogP contribution in [0.3, 0.4) is 0 Å². The predicted molar refractivity (Wildman–Crippen MR) is 101 cm³/mol. The van der Waals surface area contributed by atoms with Gasteiger partial charge in [0.1, 0.15) is 5.75 Å². The summed E-state index contributed by atoms with van der Waals surface area (Å²) in [5, 5.41) is 3.86. The number of nitrogen functional groups attached to an aromatic ring is 1. The van der Waals surface area contributed by atoms with Gasteiger partial charge in [-0.05, 0) is 30.7 Å². The largest absolute Gasteiger partial charge is 0.491 e. The Morgan fingerprint density at radius 3 is 2.80 bits per heavy atom. The molecule has 0 saturated carbocycles. The summed E-state index contributed by atoms with van der Waals surface area (Å²) in [6.07, 6.45) is 1.08. The van der Waals surface area contributed by atoms with Crippen molar-refractivity contribution in [3.63, 3.8) is 0 Å². The highest BCUT2D eigenvalue weighted by atomic mass is 16.5. The van der Waals surface area contributed by atoms with E-state index < -0.39 is 0 Å². The van der Waals surface area contributed by atoms with Crippen LogP contribution >= 0.6 is 0 Å². The molecule has 1 heterocycles. The van der Waals surface area contributed by atoms with Crippen LogP contribution in [0.1, 0.15) is 19.0 Å². The van der Waals surface area contributed by atoms with Crippen LogP contribution in [-0.2, 0) is 11.2 Å². The normalized spacial score (nSPS) is 10.6. The highest BCUT2D eigenvalue weighted by Crippen LogP contribution is 2.24. The molecule has 0 atom stereocenters. The summed E-state index contributed by atoms with van der Waals surface area (Å²) < 4.78 is 5.66. The van der Waals surface area contributed by atoms with Gasteiger partial charge in [-0.2, -0.15) is 0 Å². The Bertz CT molecular complexity index is 893. The Kier molecular flexibility index (Phi) is 5.14. The number of rotatable bonds is 6. The zero-order valence-corrected chi connectivity index (χ0v) is 14.2. The Morgan fingerprint density at radius 1 is 1.12 bits per heavy atom. The topological polar surface area (TPSA) is 77.2 Å². The molecule has 3 N–H and O–H groups in total. The number of aromatic nitrogens is 1. The van der Waals surface area contributed by atoms with E-state index in [4.69, 9.17) is 10.5 Å². The quantitative estimate of drug-likeness (QED) is 0.672. The van der Waals surface area contributed by atoms with Crippen LogP contribution in [-0.4, -0.2) is 17.5 Å². The first-order chi connectivity index (χ1) is 12.2. The number of nitrogens with two attached hydrogens (primary N) is 1. The fraction of sp³-hybridized carbons (Fsp3) is 0.200. The smallest absolute Gasteiger partial charge is 0.230 e. The summed E-state index contributed by atoms with van der Waals surface area (Å²) in [5.74, 6) is 0.530. The highest BCUT2D eigenvalue weighted by Gasteiger charge is 2.10. The number of ether oxygens (including phenoxy) is 1. The van der Waals surface area contributed by atoms with Gasteiger partial charge in [0.05, 0.1) is 35.6 Å². The molecule has 0 aliphatic rings. The van der Waals surface area contributed by atoms with Crippen molar-refractivity contribution in [1.82, 2.24) is 4.98 Å². The summed E-state index contributed by atoms with van der Waals surface area (Å²) in [6.45, 7) is 2.65. The Labute approximate surface area is 146 Å². The van der Waals surface area contributed by atoms with Gasteiger partial charge < -0.3 is 15.8 Å². The summed E-state index contributed by atoms with van der Waals surface area (Å²) >= 11 is 0. The first-order valence-corrected chi connectivity index (χ1v) is 8.33. The van der Waals surface area contributed by atoms with Crippen molar-refractivity contribution in [3.05, 3.63) is 60.3 Å². The van der Waals surface area contributed by atoms with E-state index in [1.54, 1.807) is 6.07 Å². The minimum absolute atomic E-state index is 0.145. The molecule has 0 aliphatic heterocycles. The molecule has 1 amide bonds. The summed E-state index contributed by atoms with van der Waals surface area (Å²) in [7, 11) is 0. The molecule has 0 aliphatic carbocycles. The molecule has 3 rings (SSSR count). The number of nitrogens with zero attached hydrogens (tertiary/aromatic N) is 1. The van der Waals surface area contributed by atoms with Crippen molar-refractivity contribution in [3.8, 4) is 5.75 Å². The van der Waals surface area contributed by atoms with Crippen molar-refractivity contribution in [1.29, 1.82) is 0 Å². The van der Waals surface area contributed by atoms with E-state index in [9.17, 15) is 4.79 Å². The Balaban J connectivity index is 1.74. The lowest BCUT2D eigenvalue weighted by Crippen LogP contribution is -2.16. The van der Waals surface area contributed by atoms with Gasteiger partial charge in [0, 0.05) is 5.39 Å². The van der Waals surface area contributed by atoms with Crippen molar-refractivity contribution >= 4 is 28.2 Å². The third-order valence-electron chi connectivity index (χ3n) is 3.77. The van der Waals surface area contributed by atoms with Crippen LogP contribution in [0.25, 0.3) is 10.9 Å². The lowest BCUT2D eigenvalue weighted by molar-refractivity contribution is -0.115. The molecule has 0 unspecified atom stereocenters. The van der Waals surface area contributed by atoms with Gasteiger partial charge in [-0.3, -0.25) is 9.78 Å². The zero-order chi connectivity index (χ0) is 17.6. The van der Waals surface area contributed by atoms with Crippen LogP contribution in [0.2, 0.25) is 0 Å². The van der Waals surface area contributed by atoms with Crippen molar-refractivity contribution in [2.45, 2.75) is 19.8 Å². The van der Waals surface area contributed by atoms with E-state index in [0.717, 1.165) is 17.3 Å². The third kappa shape index (κ3) is 4.07. The molecule has 3 aromatic rings. The van der Waals surface area contributed by atoms with Gasteiger partial charge in [-0.25, -0.2) is 0 Å². The van der Waals surface area contributed by atoms with E-state index in [1.807, 2.05) is 55.5 Å². The highest BCUT2D eigenvalue weighted by molar-refractivity contribution is 5.94. The number of anilines is 2. The molecule has 5 heteroatoms. The minimum Gasteiger partial charge on any atom is -0.491 e. The van der Waals surface area contributed by atoms with Crippen LogP contribution < -0.4 is 15.8 Å². The second-order valence-corrected chi connectivity index (χ2v) is 5.79. The van der Waals surface area contributed by atoms with Crippen LogP contribution in [0.15, 0.2) is 54.6 Å². The standard InChI is InChI=1S/C20H21N3O2/c1-2-12-25-18-9-4-3-8-17(18)23-19(24)13-15-11-10-14-6-5-7-16(21)20(14)22-15/h3-11H,2,12-13,21H2,1H3,(H,23,24). The Morgan fingerprint density at radius 2 is 1.96 bits per heavy atom.